The predicted molar refractivity (Wildman–Crippen MR) is 78.6 cm³/mol. The minimum atomic E-state index is -0.292. The number of rotatable bonds is 7. The molecule has 18 heavy (non-hydrogen) atoms. The summed E-state index contributed by atoms with van der Waals surface area (Å²) in [5.41, 5.74) is 0.600. The molecule has 4 nitrogen and oxygen atoms in total. The molecule has 0 heterocycles. The zero-order chi connectivity index (χ0) is 13.4. The molecule has 1 N–H and O–H groups in total. The van der Waals surface area contributed by atoms with Crippen molar-refractivity contribution in [3.8, 4) is 0 Å². The first-order chi connectivity index (χ1) is 8.69. The minimum absolute atomic E-state index is 0.123. The molecular formula is C13H18INO3. The van der Waals surface area contributed by atoms with Crippen LogP contribution in [0.25, 0.3) is 0 Å². The molecule has 0 radical (unpaired) electrons. The Morgan fingerprint density at radius 2 is 2.11 bits per heavy atom. The number of hydrogen-bond donors (Lipinski definition) is 1. The van der Waals surface area contributed by atoms with Crippen LogP contribution < -0.4 is 0 Å². The van der Waals surface area contributed by atoms with Gasteiger partial charge < -0.3 is 9.84 Å². The largest absolute Gasteiger partial charge is 0.461 e. The number of likely N-dealkylation sites (N-methyl/N-ethyl adjacent to an activating group) is 1. The highest BCUT2D eigenvalue weighted by Crippen LogP contribution is 2.12. The summed E-state index contributed by atoms with van der Waals surface area (Å²) < 4.78 is 6.11. The first kappa shape index (κ1) is 15.4. The fourth-order valence-corrected chi connectivity index (χ4v) is 2.15. The van der Waals surface area contributed by atoms with Crippen molar-refractivity contribution in [3.63, 3.8) is 0 Å². The van der Waals surface area contributed by atoms with E-state index >= 15 is 0 Å². The van der Waals surface area contributed by atoms with Crippen molar-refractivity contribution in [1.29, 1.82) is 0 Å². The fraction of sp³-hybridized carbons (Fsp3) is 0.462. The Labute approximate surface area is 121 Å². The number of ether oxygens (including phenoxy) is 1. The van der Waals surface area contributed by atoms with Crippen molar-refractivity contribution in [2.75, 3.05) is 32.8 Å². The number of aliphatic hydroxyl groups is 1. The van der Waals surface area contributed by atoms with Gasteiger partial charge in [-0.05, 0) is 41.3 Å². The zero-order valence-electron chi connectivity index (χ0n) is 10.4. The van der Waals surface area contributed by atoms with Crippen LogP contribution in [0.4, 0.5) is 0 Å². The van der Waals surface area contributed by atoms with Crippen LogP contribution in [0, 0.1) is 3.57 Å². The van der Waals surface area contributed by atoms with Gasteiger partial charge in [-0.25, -0.2) is 4.79 Å². The second kappa shape index (κ2) is 8.44. The topological polar surface area (TPSA) is 49.8 Å². The van der Waals surface area contributed by atoms with Crippen molar-refractivity contribution in [3.05, 3.63) is 33.4 Å². The van der Waals surface area contributed by atoms with E-state index in [0.29, 0.717) is 25.3 Å². The molecule has 0 amide bonds. The molecule has 0 aromatic heterocycles. The van der Waals surface area contributed by atoms with E-state index in [9.17, 15) is 4.79 Å². The maximum absolute atomic E-state index is 11.8. The molecule has 0 bridgehead atoms. The maximum atomic E-state index is 11.8. The van der Waals surface area contributed by atoms with Crippen LogP contribution in [-0.4, -0.2) is 48.8 Å². The van der Waals surface area contributed by atoms with Gasteiger partial charge in [-0.2, -0.15) is 0 Å². The molecule has 0 saturated carbocycles. The van der Waals surface area contributed by atoms with Gasteiger partial charge in [-0.15, -0.1) is 0 Å². The molecule has 1 aromatic carbocycles. The van der Waals surface area contributed by atoms with Crippen LogP contribution >= 0.6 is 22.6 Å². The first-order valence-corrected chi connectivity index (χ1v) is 7.01. The monoisotopic (exact) mass is 363 g/mol. The summed E-state index contributed by atoms with van der Waals surface area (Å²) in [6.45, 7) is 4.57. The van der Waals surface area contributed by atoms with Gasteiger partial charge in [0.15, 0.2) is 0 Å². The van der Waals surface area contributed by atoms with Gasteiger partial charge in [0.1, 0.15) is 6.61 Å². The Morgan fingerprint density at radius 3 is 2.72 bits per heavy atom. The van der Waals surface area contributed by atoms with Crippen LogP contribution in [0.15, 0.2) is 24.3 Å². The van der Waals surface area contributed by atoms with E-state index < -0.39 is 0 Å². The van der Waals surface area contributed by atoms with E-state index in [0.717, 1.165) is 10.1 Å². The normalized spacial score (nSPS) is 10.7. The second-order valence-electron chi connectivity index (χ2n) is 3.77. The van der Waals surface area contributed by atoms with E-state index in [4.69, 9.17) is 9.84 Å². The van der Waals surface area contributed by atoms with Gasteiger partial charge in [0.2, 0.25) is 0 Å². The van der Waals surface area contributed by atoms with Gasteiger partial charge in [0.05, 0.1) is 12.2 Å². The number of carbonyl (C=O) groups is 1. The van der Waals surface area contributed by atoms with E-state index in [-0.39, 0.29) is 12.6 Å². The summed E-state index contributed by atoms with van der Waals surface area (Å²) in [5.74, 6) is -0.292. The third-order valence-electron chi connectivity index (χ3n) is 2.60. The molecule has 0 saturated heterocycles. The number of esters is 1. The molecule has 5 heteroatoms. The summed E-state index contributed by atoms with van der Waals surface area (Å²) in [6.07, 6.45) is 0. The van der Waals surface area contributed by atoms with E-state index in [1.807, 2.05) is 30.0 Å². The Hall–Kier alpha value is -0.660. The third-order valence-corrected chi connectivity index (χ3v) is 3.54. The average Bonchev–Trinajstić information content (AvgIpc) is 2.38. The second-order valence-corrected chi connectivity index (χ2v) is 4.94. The Balaban J connectivity index is 2.40. The summed E-state index contributed by atoms with van der Waals surface area (Å²) in [5, 5.41) is 8.84. The molecule has 1 rings (SSSR count). The number of aliphatic hydroxyl groups excluding tert-OH is 1. The van der Waals surface area contributed by atoms with Gasteiger partial charge in [0.25, 0.3) is 0 Å². The number of nitrogens with zero attached hydrogens (tertiary/aromatic N) is 1. The van der Waals surface area contributed by atoms with Crippen LogP contribution in [-0.2, 0) is 4.74 Å². The Kier molecular flexibility index (Phi) is 7.22. The highest BCUT2D eigenvalue weighted by atomic mass is 127. The van der Waals surface area contributed by atoms with E-state index in [1.54, 1.807) is 6.07 Å². The lowest BCUT2D eigenvalue weighted by atomic mass is 10.2. The van der Waals surface area contributed by atoms with E-state index in [1.165, 1.54) is 0 Å². The quantitative estimate of drug-likeness (QED) is 0.593. The van der Waals surface area contributed by atoms with Crippen LogP contribution in [0.5, 0.6) is 0 Å². The molecule has 0 unspecified atom stereocenters. The number of benzene rings is 1. The molecule has 0 aliphatic heterocycles. The van der Waals surface area contributed by atoms with Crippen LogP contribution in [0.2, 0.25) is 0 Å². The summed E-state index contributed by atoms with van der Waals surface area (Å²) >= 11 is 2.12. The van der Waals surface area contributed by atoms with Gasteiger partial charge in [0, 0.05) is 16.7 Å². The SMILES string of the molecule is CCN(CCO)CCOC(=O)c1ccccc1I. The maximum Gasteiger partial charge on any atom is 0.339 e. The highest BCUT2D eigenvalue weighted by molar-refractivity contribution is 14.1. The molecule has 0 fully saturated rings. The standard InChI is InChI=1S/C13H18INO3/c1-2-15(7-9-16)8-10-18-13(17)11-5-3-4-6-12(11)14/h3-6,16H,2,7-10H2,1H3. The number of carbonyl (C=O) groups excluding carboxylic acids is 1. The molecule has 0 aliphatic rings. The van der Waals surface area contributed by atoms with Crippen molar-refractivity contribution in [2.45, 2.75) is 6.92 Å². The first-order valence-electron chi connectivity index (χ1n) is 5.94. The Morgan fingerprint density at radius 1 is 1.39 bits per heavy atom. The van der Waals surface area contributed by atoms with Gasteiger partial charge >= 0.3 is 5.97 Å². The molecular weight excluding hydrogens is 345 g/mol. The number of halogens is 1. The predicted octanol–water partition coefficient (Wildman–Crippen LogP) is 1.76. The van der Waals surface area contributed by atoms with Gasteiger partial charge in [-0.1, -0.05) is 19.1 Å². The van der Waals surface area contributed by atoms with Crippen molar-refractivity contribution >= 4 is 28.6 Å². The molecule has 0 aliphatic carbocycles. The summed E-state index contributed by atoms with van der Waals surface area (Å²) in [4.78, 5) is 13.8. The van der Waals surface area contributed by atoms with Crippen LogP contribution in [0.1, 0.15) is 17.3 Å². The Bertz CT molecular complexity index is 384. The molecule has 0 spiro atoms. The van der Waals surface area contributed by atoms with Crippen molar-refractivity contribution < 1.29 is 14.6 Å². The van der Waals surface area contributed by atoms with E-state index in [2.05, 4.69) is 22.6 Å². The van der Waals surface area contributed by atoms with Crippen molar-refractivity contribution in [1.82, 2.24) is 4.90 Å². The summed E-state index contributed by atoms with van der Waals surface area (Å²) in [7, 11) is 0. The summed E-state index contributed by atoms with van der Waals surface area (Å²) in [6, 6.07) is 7.35. The molecule has 0 atom stereocenters. The molecule has 1 aromatic rings. The minimum Gasteiger partial charge on any atom is -0.461 e. The fourth-order valence-electron chi connectivity index (χ4n) is 1.54. The lowest BCUT2D eigenvalue weighted by Crippen LogP contribution is -2.30. The average molecular weight is 363 g/mol. The lowest BCUT2D eigenvalue weighted by molar-refractivity contribution is 0.0455. The molecule has 100 valence electrons. The van der Waals surface area contributed by atoms with Crippen LogP contribution in [0.3, 0.4) is 0 Å². The lowest BCUT2D eigenvalue weighted by Gasteiger charge is -2.18. The zero-order valence-corrected chi connectivity index (χ0v) is 12.6. The third kappa shape index (κ3) is 4.91. The number of hydrogen-bond acceptors (Lipinski definition) is 4. The van der Waals surface area contributed by atoms with Crippen molar-refractivity contribution in [2.24, 2.45) is 0 Å². The highest BCUT2D eigenvalue weighted by Gasteiger charge is 2.11. The smallest absolute Gasteiger partial charge is 0.339 e. The van der Waals surface area contributed by atoms with Gasteiger partial charge in [-0.3, -0.25) is 4.90 Å².